The van der Waals surface area contributed by atoms with Gasteiger partial charge in [0.25, 0.3) is 5.91 Å². The Morgan fingerprint density at radius 1 is 1.19 bits per heavy atom. The van der Waals surface area contributed by atoms with E-state index in [1.54, 1.807) is 6.07 Å². The van der Waals surface area contributed by atoms with Crippen LogP contribution in [-0.2, 0) is 0 Å². The third-order valence-corrected chi connectivity index (χ3v) is 5.92. The lowest BCUT2D eigenvalue weighted by Gasteiger charge is -2.24. The summed E-state index contributed by atoms with van der Waals surface area (Å²) >= 11 is 1.45. The number of benzene rings is 2. The molecule has 0 N–H and O–H groups in total. The van der Waals surface area contributed by atoms with Crippen LogP contribution in [0.3, 0.4) is 0 Å². The zero-order valence-electron chi connectivity index (χ0n) is 15.3. The molecule has 1 heterocycles. The van der Waals surface area contributed by atoms with Crippen molar-refractivity contribution in [2.75, 3.05) is 4.90 Å². The van der Waals surface area contributed by atoms with E-state index in [4.69, 9.17) is 5.26 Å². The van der Waals surface area contributed by atoms with Crippen LogP contribution in [0.5, 0.6) is 0 Å². The Labute approximate surface area is 162 Å². The van der Waals surface area contributed by atoms with Gasteiger partial charge in [0, 0.05) is 17.3 Å². The third kappa shape index (κ3) is 3.36. The van der Waals surface area contributed by atoms with Crippen molar-refractivity contribution in [3.8, 4) is 16.6 Å². The standard InChI is InChI=1S/C22H19N3OS/c1-14-12-16(13-23)8-11-19(14)25(18-9-10-18)22(26)20-15(2)24-21(27-20)17-6-4-3-5-7-17/h3-8,11-12,18H,9-10H2,1-2H3. The first-order valence-electron chi connectivity index (χ1n) is 8.95. The molecule has 1 fully saturated rings. The Kier molecular flexibility index (Phi) is 4.51. The molecule has 0 aliphatic heterocycles. The number of aromatic nitrogens is 1. The highest BCUT2D eigenvalue weighted by Crippen LogP contribution is 2.37. The normalized spacial score (nSPS) is 13.2. The highest BCUT2D eigenvalue weighted by molar-refractivity contribution is 7.17. The van der Waals surface area contributed by atoms with Crippen LogP contribution >= 0.6 is 11.3 Å². The summed E-state index contributed by atoms with van der Waals surface area (Å²) < 4.78 is 0. The second-order valence-corrected chi connectivity index (χ2v) is 7.82. The number of carbonyl (C=O) groups excluding carboxylic acids is 1. The van der Waals surface area contributed by atoms with E-state index in [1.165, 1.54) is 11.3 Å². The maximum atomic E-state index is 13.4. The number of carbonyl (C=O) groups is 1. The fourth-order valence-corrected chi connectivity index (χ4v) is 4.22. The van der Waals surface area contributed by atoms with Gasteiger partial charge in [-0.25, -0.2) is 4.98 Å². The summed E-state index contributed by atoms with van der Waals surface area (Å²) in [5, 5.41) is 9.98. The number of amides is 1. The lowest BCUT2D eigenvalue weighted by Crippen LogP contribution is -2.33. The van der Waals surface area contributed by atoms with Crippen LogP contribution in [-0.4, -0.2) is 16.9 Å². The fraction of sp³-hybridized carbons (Fsp3) is 0.227. The van der Waals surface area contributed by atoms with Crippen molar-refractivity contribution in [2.45, 2.75) is 32.7 Å². The van der Waals surface area contributed by atoms with Gasteiger partial charge in [0.15, 0.2) is 0 Å². The summed E-state index contributed by atoms with van der Waals surface area (Å²) in [6, 6.07) is 17.8. The molecule has 1 aliphatic carbocycles. The Morgan fingerprint density at radius 2 is 1.93 bits per heavy atom. The molecule has 0 atom stereocenters. The van der Waals surface area contributed by atoms with Crippen molar-refractivity contribution < 1.29 is 4.79 Å². The summed E-state index contributed by atoms with van der Waals surface area (Å²) in [6.45, 7) is 3.85. The summed E-state index contributed by atoms with van der Waals surface area (Å²) in [5.74, 6) is 0.00230. The number of hydrogen-bond acceptors (Lipinski definition) is 4. The molecule has 1 aromatic heterocycles. The molecule has 4 nitrogen and oxygen atoms in total. The lowest BCUT2D eigenvalue weighted by atomic mass is 10.1. The maximum Gasteiger partial charge on any atom is 0.270 e. The first-order valence-corrected chi connectivity index (χ1v) is 9.77. The highest BCUT2D eigenvalue weighted by atomic mass is 32.1. The van der Waals surface area contributed by atoms with Gasteiger partial charge in [-0.1, -0.05) is 30.3 Å². The molecule has 4 rings (SSSR count). The smallest absolute Gasteiger partial charge is 0.270 e. The largest absolute Gasteiger partial charge is 0.304 e. The predicted molar refractivity (Wildman–Crippen MR) is 108 cm³/mol. The molecule has 1 saturated carbocycles. The molecule has 3 aromatic rings. The van der Waals surface area contributed by atoms with Crippen molar-refractivity contribution in [3.63, 3.8) is 0 Å². The van der Waals surface area contributed by atoms with Gasteiger partial charge in [0.1, 0.15) is 9.88 Å². The SMILES string of the molecule is Cc1cc(C#N)ccc1N(C(=O)c1sc(-c2ccccc2)nc1C)C1CC1. The van der Waals surface area contributed by atoms with Gasteiger partial charge in [-0.15, -0.1) is 11.3 Å². The zero-order chi connectivity index (χ0) is 19.0. The van der Waals surface area contributed by atoms with Crippen LogP contribution in [0.2, 0.25) is 0 Å². The molecule has 27 heavy (non-hydrogen) atoms. The predicted octanol–water partition coefficient (Wildman–Crippen LogP) is 5.11. The monoisotopic (exact) mass is 373 g/mol. The number of nitrogens with zero attached hydrogens (tertiary/aromatic N) is 3. The first-order chi connectivity index (χ1) is 13.1. The number of hydrogen-bond donors (Lipinski definition) is 0. The molecule has 1 aliphatic rings. The third-order valence-electron chi connectivity index (χ3n) is 4.73. The van der Waals surface area contributed by atoms with Gasteiger partial charge in [0.2, 0.25) is 0 Å². The van der Waals surface area contributed by atoms with E-state index in [-0.39, 0.29) is 11.9 Å². The number of thiazole rings is 1. The highest BCUT2D eigenvalue weighted by Gasteiger charge is 2.36. The molecule has 0 unspecified atom stereocenters. The van der Waals surface area contributed by atoms with Gasteiger partial charge in [-0.05, 0) is 50.5 Å². The van der Waals surface area contributed by atoms with E-state index in [0.717, 1.165) is 40.4 Å². The molecule has 1 amide bonds. The van der Waals surface area contributed by atoms with E-state index in [9.17, 15) is 4.79 Å². The second kappa shape index (κ2) is 6.98. The van der Waals surface area contributed by atoms with Crippen LogP contribution in [0.15, 0.2) is 48.5 Å². The molecule has 2 aromatic carbocycles. The van der Waals surface area contributed by atoms with Crippen LogP contribution < -0.4 is 4.90 Å². The number of rotatable bonds is 4. The molecule has 0 saturated heterocycles. The maximum absolute atomic E-state index is 13.4. The van der Waals surface area contributed by atoms with E-state index < -0.39 is 0 Å². The van der Waals surface area contributed by atoms with Gasteiger partial charge in [-0.2, -0.15) is 5.26 Å². The summed E-state index contributed by atoms with van der Waals surface area (Å²) in [4.78, 5) is 20.6. The minimum absolute atomic E-state index is 0.00230. The van der Waals surface area contributed by atoms with Crippen LogP contribution in [0.25, 0.3) is 10.6 Å². The van der Waals surface area contributed by atoms with Crippen LogP contribution in [0, 0.1) is 25.2 Å². The van der Waals surface area contributed by atoms with Crippen molar-refractivity contribution in [3.05, 3.63) is 70.2 Å². The summed E-state index contributed by atoms with van der Waals surface area (Å²) in [6.07, 6.45) is 2.02. The minimum Gasteiger partial charge on any atom is -0.304 e. The molecule has 134 valence electrons. The molecular weight excluding hydrogens is 354 g/mol. The second-order valence-electron chi connectivity index (χ2n) is 6.82. The molecule has 5 heteroatoms. The fourth-order valence-electron chi connectivity index (χ4n) is 3.21. The van der Waals surface area contributed by atoms with Crippen molar-refractivity contribution >= 4 is 22.9 Å². The van der Waals surface area contributed by atoms with E-state index >= 15 is 0 Å². The van der Waals surface area contributed by atoms with E-state index in [0.29, 0.717) is 10.4 Å². The van der Waals surface area contributed by atoms with Crippen molar-refractivity contribution in [2.24, 2.45) is 0 Å². The van der Waals surface area contributed by atoms with E-state index in [1.807, 2.05) is 61.2 Å². The molecule has 0 radical (unpaired) electrons. The Morgan fingerprint density at radius 3 is 2.56 bits per heavy atom. The van der Waals surface area contributed by atoms with Crippen molar-refractivity contribution in [1.29, 1.82) is 5.26 Å². The average Bonchev–Trinajstić information content (AvgIpc) is 3.44. The summed E-state index contributed by atoms with van der Waals surface area (Å²) in [5.41, 5.74) is 4.23. The first kappa shape index (κ1) is 17.4. The molecule has 0 spiro atoms. The zero-order valence-corrected chi connectivity index (χ0v) is 16.1. The summed E-state index contributed by atoms with van der Waals surface area (Å²) in [7, 11) is 0. The van der Waals surface area contributed by atoms with Gasteiger partial charge in [0.05, 0.1) is 17.3 Å². The van der Waals surface area contributed by atoms with Gasteiger partial charge >= 0.3 is 0 Å². The Hall–Kier alpha value is -2.97. The molecule has 0 bridgehead atoms. The van der Waals surface area contributed by atoms with E-state index in [2.05, 4.69) is 11.1 Å². The molecular formula is C22H19N3OS. The average molecular weight is 373 g/mol. The Bertz CT molecular complexity index is 1050. The number of nitriles is 1. The topological polar surface area (TPSA) is 57.0 Å². The quantitative estimate of drug-likeness (QED) is 0.639. The van der Waals surface area contributed by atoms with Gasteiger partial charge in [-0.3, -0.25) is 4.79 Å². The minimum atomic E-state index is 0.00230. The Balaban J connectivity index is 1.72. The van der Waals surface area contributed by atoms with Crippen LogP contribution in [0.1, 0.15) is 39.3 Å². The van der Waals surface area contributed by atoms with Crippen molar-refractivity contribution in [1.82, 2.24) is 4.98 Å². The lowest BCUT2D eigenvalue weighted by molar-refractivity contribution is 0.0988. The number of aryl methyl sites for hydroxylation is 2. The van der Waals surface area contributed by atoms with Crippen LogP contribution in [0.4, 0.5) is 5.69 Å². The van der Waals surface area contributed by atoms with Gasteiger partial charge < -0.3 is 4.90 Å². The number of anilines is 1.